The van der Waals surface area contributed by atoms with Gasteiger partial charge in [0.2, 0.25) is 0 Å². The number of hydrogen-bond acceptors (Lipinski definition) is 1. The van der Waals surface area contributed by atoms with Gasteiger partial charge in [0.1, 0.15) is 0 Å². The predicted molar refractivity (Wildman–Crippen MR) is 95.6 cm³/mol. The molecule has 0 saturated heterocycles. The third kappa shape index (κ3) is 6.11. The lowest BCUT2D eigenvalue weighted by atomic mass is 10.1. The van der Waals surface area contributed by atoms with Gasteiger partial charge in [-0.3, -0.25) is 4.90 Å². The molecule has 22 heavy (non-hydrogen) atoms. The molecule has 2 rings (SSSR count). The van der Waals surface area contributed by atoms with Crippen molar-refractivity contribution in [3.63, 3.8) is 0 Å². The molecule has 114 valence electrons. The summed E-state index contributed by atoms with van der Waals surface area (Å²) in [5, 5.41) is 0. The van der Waals surface area contributed by atoms with Crippen molar-refractivity contribution >= 4 is 0 Å². The lowest BCUT2D eigenvalue weighted by Gasteiger charge is -2.22. The van der Waals surface area contributed by atoms with Crippen LogP contribution in [-0.2, 0) is 13.1 Å². The fourth-order valence-electron chi connectivity index (χ4n) is 2.44. The molecule has 0 saturated carbocycles. The molecule has 0 bridgehead atoms. The van der Waals surface area contributed by atoms with Crippen molar-refractivity contribution in [3.8, 4) is 0 Å². The van der Waals surface area contributed by atoms with Crippen LogP contribution in [-0.4, -0.2) is 11.4 Å². The van der Waals surface area contributed by atoms with Crippen molar-refractivity contribution in [2.45, 2.75) is 26.4 Å². The van der Waals surface area contributed by atoms with Crippen molar-refractivity contribution in [3.05, 3.63) is 96.1 Å². The molecule has 0 amide bonds. The van der Waals surface area contributed by atoms with Crippen LogP contribution < -0.4 is 0 Å². The first-order chi connectivity index (χ1) is 10.9. The zero-order chi connectivity index (χ0) is 15.5. The molecule has 0 aliphatic rings. The van der Waals surface area contributed by atoms with Gasteiger partial charge in [-0.05, 0) is 24.5 Å². The van der Waals surface area contributed by atoms with Crippen LogP contribution in [0.15, 0.2) is 85.0 Å². The SMILES string of the molecule is C/C=C\C=C/CCN(Cc1ccccc1)Cc1ccccc1. The van der Waals surface area contributed by atoms with E-state index < -0.39 is 0 Å². The lowest BCUT2D eigenvalue weighted by molar-refractivity contribution is 0.262. The minimum absolute atomic E-state index is 0.993. The summed E-state index contributed by atoms with van der Waals surface area (Å²) in [5.41, 5.74) is 2.74. The molecule has 1 nitrogen and oxygen atoms in total. The van der Waals surface area contributed by atoms with E-state index in [1.54, 1.807) is 0 Å². The predicted octanol–water partition coefficient (Wildman–Crippen LogP) is 5.21. The highest BCUT2D eigenvalue weighted by Crippen LogP contribution is 2.10. The van der Waals surface area contributed by atoms with E-state index in [4.69, 9.17) is 0 Å². The van der Waals surface area contributed by atoms with E-state index in [1.807, 2.05) is 6.92 Å². The van der Waals surface area contributed by atoms with Crippen LogP contribution in [0.5, 0.6) is 0 Å². The Morgan fingerprint density at radius 3 is 1.82 bits per heavy atom. The van der Waals surface area contributed by atoms with Crippen LogP contribution in [0.3, 0.4) is 0 Å². The molecule has 0 radical (unpaired) electrons. The van der Waals surface area contributed by atoms with Gasteiger partial charge in [-0.25, -0.2) is 0 Å². The number of hydrogen-bond donors (Lipinski definition) is 0. The summed E-state index contributed by atoms with van der Waals surface area (Å²) >= 11 is 0. The largest absolute Gasteiger partial charge is 0.295 e. The maximum Gasteiger partial charge on any atom is 0.0237 e. The summed E-state index contributed by atoms with van der Waals surface area (Å²) in [7, 11) is 0. The average molecular weight is 291 g/mol. The van der Waals surface area contributed by atoms with Crippen molar-refractivity contribution in [2.24, 2.45) is 0 Å². The molecule has 0 aliphatic heterocycles. The fraction of sp³-hybridized carbons (Fsp3) is 0.238. The number of allylic oxidation sites excluding steroid dienone is 3. The standard InChI is InChI=1S/C21H25N/c1-2-3-4-5-12-17-22(18-20-13-8-6-9-14-20)19-21-15-10-7-11-16-21/h2-11,13-16H,12,17-19H2,1H3/b3-2-,5-4-. The van der Waals surface area contributed by atoms with Crippen LogP contribution in [0.4, 0.5) is 0 Å². The van der Waals surface area contributed by atoms with Gasteiger partial charge in [0.15, 0.2) is 0 Å². The third-order valence-corrected chi connectivity index (χ3v) is 3.55. The molecule has 2 aromatic rings. The zero-order valence-corrected chi connectivity index (χ0v) is 13.4. The molecule has 0 atom stereocenters. The second-order valence-electron chi connectivity index (χ2n) is 5.42. The molecule has 0 spiro atoms. The number of rotatable bonds is 8. The molecule has 2 aromatic carbocycles. The molecular weight excluding hydrogens is 266 g/mol. The van der Waals surface area contributed by atoms with E-state index in [9.17, 15) is 0 Å². The van der Waals surface area contributed by atoms with Crippen molar-refractivity contribution in [1.29, 1.82) is 0 Å². The summed E-state index contributed by atoms with van der Waals surface area (Å²) in [5.74, 6) is 0. The van der Waals surface area contributed by atoms with E-state index in [0.717, 1.165) is 26.1 Å². The third-order valence-electron chi connectivity index (χ3n) is 3.55. The Kier molecular flexibility index (Phi) is 7.20. The summed E-state index contributed by atoms with van der Waals surface area (Å²) < 4.78 is 0. The summed E-state index contributed by atoms with van der Waals surface area (Å²) in [6, 6.07) is 21.4. The molecule has 0 aromatic heterocycles. The number of benzene rings is 2. The van der Waals surface area contributed by atoms with E-state index >= 15 is 0 Å². The molecular formula is C21H25N. The Hall–Kier alpha value is -2.12. The van der Waals surface area contributed by atoms with Gasteiger partial charge < -0.3 is 0 Å². The van der Waals surface area contributed by atoms with Gasteiger partial charge >= 0.3 is 0 Å². The maximum absolute atomic E-state index is 2.50. The highest BCUT2D eigenvalue weighted by molar-refractivity contribution is 5.17. The Balaban J connectivity index is 1.96. The van der Waals surface area contributed by atoms with E-state index in [-0.39, 0.29) is 0 Å². The smallest absolute Gasteiger partial charge is 0.0237 e. The Morgan fingerprint density at radius 1 is 0.773 bits per heavy atom. The zero-order valence-electron chi connectivity index (χ0n) is 13.4. The second kappa shape index (κ2) is 9.75. The summed E-state index contributed by atoms with van der Waals surface area (Å²) in [6.07, 6.45) is 9.58. The second-order valence-corrected chi connectivity index (χ2v) is 5.42. The van der Waals surface area contributed by atoms with E-state index in [2.05, 4.69) is 89.9 Å². The normalized spacial score (nSPS) is 11.7. The van der Waals surface area contributed by atoms with Gasteiger partial charge in [-0.1, -0.05) is 85.0 Å². The molecule has 1 heteroatoms. The van der Waals surface area contributed by atoms with Crippen LogP contribution in [0, 0.1) is 0 Å². The number of nitrogens with zero attached hydrogens (tertiary/aromatic N) is 1. The van der Waals surface area contributed by atoms with Crippen molar-refractivity contribution < 1.29 is 0 Å². The highest BCUT2D eigenvalue weighted by Gasteiger charge is 2.06. The van der Waals surface area contributed by atoms with E-state index in [1.165, 1.54) is 11.1 Å². The van der Waals surface area contributed by atoms with E-state index in [0.29, 0.717) is 0 Å². The minimum Gasteiger partial charge on any atom is -0.295 e. The Labute approximate surface area is 134 Å². The first-order valence-electron chi connectivity index (χ1n) is 7.96. The highest BCUT2D eigenvalue weighted by atomic mass is 15.1. The van der Waals surface area contributed by atoms with Gasteiger partial charge in [-0.15, -0.1) is 0 Å². The molecule has 0 fully saturated rings. The lowest BCUT2D eigenvalue weighted by Crippen LogP contribution is -2.23. The van der Waals surface area contributed by atoms with Crippen LogP contribution in [0.25, 0.3) is 0 Å². The molecule has 0 heterocycles. The molecule has 0 N–H and O–H groups in total. The quantitative estimate of drug-likeness (QED) is 0.603. The Morgan fingerprint density at radius 2 is 1.32 bits per heavy atom. The Bertz CT molecular complexity index is 528. The van der Waals surface area contributed by atoms with Crippen molar-refractivity contribution in [1.82, 2.24) is 4.90 Å². The maximum atomic E-state index is 2.50. The average Bonchev–Trinajstić information content (AvgIpc) is 2.56. The first-order valence-corrected chi connectivity index (χ1v) is 7.96. The van der Waals surface area contributed by atoms with Crippen LogP contribution in [0.1, 0.15) is 24.5 Å². The van der Waals surface area contributed by atoms with Crippen LogP contribution >= 0.6 is 0 Å². The van der Waals surface area contributed by atoms with Gasteiger partial charge in [0.05, 0.1) is 0 Å². The monoisotopic (exact) mass is 291 g/mol. The minimum atomic E-state index is 0.993. The molecule has 0 aliphatic carbocycles. The summed E-state index contributed by atoms with van der Waals surface area (Å²) in [4.78, 5) is 2.50. The van der Waals surface area contributed by atoms with Gasteiger partial charge in [0.25, 0.3) is 0 Å². The van der Waals surface area contributed by atoms with Gasteiger partial charge in [0, 0.05) is 19.6 Å². The molecule has 0 unspecified atom stereocenters. The summed E-state index contributed by atoms with van der Waals surface area (Å²) in [6.45, 7) is 5.10. The van der Waals surface area contributed by atoms with Gasteiger partial charge in [-0.2, -0.15) is 0 Å². The van der Waals surface area contributed by atoms with Crippen LogP contribution in [0.2, 0.25) is 0 Å². The topological polar surface area (TPSA) is 3.24 Å². The first kappa shape index (κ1) is 16.3. The fourth-order valence-corrected chi connectivity index (χ4v) is 2.44. The van der Waals surface area contributed by atoms with Crippen molar-refractivity contribution in [2.75, 3.05) is 6.54 Å².